The number of nitrogens with zero attached hydrogens (tertiary/aromatic N) is 3. The zero-order valence-electron chi connectivity index (χ0n) is 11.1. The zero-order valence-corrected chi connectivity index (χ0v) is 12.7. The lowest BCUT2D eigenvalue weighted by Gasteiger charge is -2.11. The van der Waals surface area contributed by atoms with Crippen LogP contribution in [0.25, 0.3) is 0 Å². The average Bonchev–Trinajstić information content (AvgIpc) is 2.48. The Kier molecular flexibility index (Phi) is 4.66. The number of hydrogen-bond donors (Lipinski definition) is 3. The van der Waals surface area contributed by atoms with E-state index in [1.54, 1.807) is 0 Å². The second-order valence-corrected chi connectivity index (χ2v) is 5.02. The van der Waals surface area contributed by atoms with Crippen molar-refractivity contribution in [3.63, 3.8) is 0 Å². The van der Waals surface area contributed by atoms with Crippen molar-refractivity contribution in [1.82, 2.24) is 9.97 Å². The summed E-state index contributed by atoms with van der Waals surface area (Å²) in [5.74, 6) is 5.28. The third kappa shape index (κ3) is 3.26. The van der Waals surface area contributed by atoms with Crippen molar-refractivity contribution in [2.45, 2.75) is 13.3 Å². The van der Waals surface area contributed by atoms with Crippen molar-refractivity contribution in [3.8, 4) is 0 Å². The topological polar surface area (TPSA) is 119 Å². The lowest BCUT2D eigenvalue weighted by Crippen LogP contribution is -2.13. The minimum atomic E-state index is -0.581. The van der Waals surface area contributed by atoms with Crippen LogP contribution in [-0.2, 0) is 6.42 Å². The van der Waals surface area contributed by atoms with E-state index < -0.39 is 4.92 Å². The molecule has 2 aromatic rings. The normalized spacial score (nSPS) is 10.2. The molecule has 0 aliphatic carbocycles. The molecule has 0 atom stereocenters. The highest BCUT2D eigenvalue weighted by molar-refractivity contribution is 9.10. The molecular weight excluding hydrogens is 340 g/mol. The maximum Gasteiger partial charge on any atom is 0.354 e. The van der Waals surface area contributed by atoms with E-state index in [2.05, 4.69) is 36.6 Å². The Morgan fingerprint density at radius 1 is 1.38 bits per heavy atom. The van der Waals surface area contributed by atoms with E-state index in [9.17, 15) is 10.1 Å². The Balaban J connectivity index is 2.47. The lowest BCUT2D eigenvalue weighted by atomic mass is 10.1. The summed E-state index contributed by atoms with van der Waals surface area (Å²) in [6, 6.07) is 5.61. The van der Waals surface area contributed by atoms with Gasteiger partial charge in [0.1, 0.15) is 6.33 Å². The van der Waals surface area contributed by atoms with Gasteiger partial charge in [0.05, 0.1) is 4.92 Å². The minimum Gasteiger partial charge on any atom is -0.334 e. The highest BCUT2D eigenvalue weighted by Crippen LogP contribution is 2.32. The van der Waals surface area contributed by atoms with Crippen molar-refractivity contribution in [3.05, 3.63) is 44.7 Å². The van der Waals surface area contributed by atoms with Crippen LogP contribution < -0.4 is 16.6 Å². The molecule has 0 fully saturated rings. The van der Waals surface area contributed by atoms with E-state index in [0.717, 1.165) is 22.1 Å². The van der Waals surface area contributed by atoms with Crippen LogP contribution in [0.15, 0.2) is 29.0 Å². The Bertz CT molecular complexity index is 679. The molecular formula is C12H13BrN6O2. The van der Waals surface area contributed by atoms with E-state index in [1.807, 2.05) is 25.1 Å². The lowest BCUT2D eigenvalue weighted by molar-refractivity contribution is -0.383. The van der Waals surface area contributed by atoms with Gasteiger partial charge in [0.2, 0.25) is 11.6 Å². The fourth-order valence-electron chi connectivity index (χ4n) is 1.85. The molecule has 1 aromatic carbocycles. The first-order valence-corrected chi connectivity index (χ1v) is 6.87. The summed E-state index contributed by atoms with van der Waals surface area (Å²) in [7, 11) is 0. The van der Waals surface area contributed by atoms with Gasteiger partial charge in [0, 0.05) is 10.2 Å². The number of nitro groups is 1. The zero-order chi connectivity index (χ0) is 15.4. The average molecular weight is 353 g/mol. The molecule has 1 heterocycles. The highest BCUT2D eigenvalue weighted by atomic mass is 79.9. The highest BCUT2D eigenvalue weighted by Gasteiger charge is 2.23. The monoisotopic (exact) mass is 352 g/mol. The van der Waals surface area contributed by atoms with Gasteiger partial charge in [-0.3, -0.25) is 10.1 Å². The summed E-state index contributed by atoms with van der Waals surface area (Å²) < 4.78 is 0.936. The van der Waals surface area contributed by atoms with Crippen LogP contribution in [0.1, 0.15) is 12.5 Å². The second kappa shape index (κ2) is 6.46. The van der Waals surface area contributed by atoms with E-state index >= 15 is 0 Å². The first kappa shape index (κ1) is 15.1. The number of anilines is 3. The maximum atomic E-state index is 11.2. The summed E-state index contributed by atoms with van der Waals surface area (Å²) in [5.41, 5.74) is 3.64. The molecule has 0 bridgehead atoms. The number of aryl methyl sites for hydroxylation is 1. The Hall–Kier alpha value is -2.26. The van der Waals surface area contributed by atoms with E-state index in [4.69, 9.17) is 5.84 Å². The van der Waals surface area contributed by atoms with Crippen LogP contribution in [0.5, 0.6) is 0 Å². The molecule has 8 nitrogen and oxygen atoms in total. The predicted octanol–water partition coefficient (Wildman–Crippen LogP) is 2.74. The van der Waals surface area contributed by atoms with Gasteiger partial charge in [-0.2, -0.15) is 0 Å². The predicted molar refractivity (Wildman–Crippen MR) is 83.3 cm³/mol. The Morgan fingerprint density at radius 2 is 2.10 bits per heavy atom. The van der Waals surface area contributed by atoms with Crippen molar-refractivity contribution in [2.75, 3.05) is 10.7 Å². The Morgan fingerprint density at radius 3 is 2.71 bits per heavy atom. The van der Waals surface area contributed by atoms with Crippen LogP contribution in [0, 0.1) is 10.1 Å². The van der Waals surface area contributed by atoms with Crippen LogP contribution >= 0.6 is 15.9 Å². The minimum absolute atomic E-state index is 0.0485. The molecule has 21 heavy (non-hydrogen) atoms. The molecule has 0 aliphatic heterocycles. The number of hydrazine groups is 1. The van der Waals surface area contributed by atoms with Crippen molar-refractivity contribution in [2.24, 2.45) is 5.84 Å². The molecule has 0 saturated carbocycles. The Labute approximate surface area is 129 Å². The number of rotatable bonds is 5. The summed E-state index contributed by atoms with van der Waals surface area (Å²) in [6.07, 6.45) is 1.97. The summed E-state index contributed by atoms with van der Waals surface area (Å²) in [5, 5.41) is 14.1. The largest absolute Gasteiger partial charge is 0.354 e. The maximum absolute atomic E-state index is 11.2. The first-order valence-electron chi connectivity index (χ1n) is 6.08. The van der Waals surface area contributed by atoms with E-state index in [1.165, 1.54) is 6.33 Å². The number of nitrogens with one attached hydrogen (secondary N) is 2. The van der Waals surface area contributed by atoms with Gasteiger partial charge in [0.15, 0.2) is 0 Å². The fourth-order valence-corrected chi connectivity index (χ4v) is 2.26. The molecule has 0 radical (unpaired) electrons. The molecule has 110 valence electrons. The summed E-state index contributed by atoms with van der Waals surface area (Å²) in [6.45, 7) is 1.99. The second-order valence-electron chi connectivity index (χ2n) is 4.10. The van der Waals surface area contributed by atoms with Crippen molar-refractivity contribution < 1.29 is 4.92 Å². The molecule has 0 amide bonds. The van der Waals surface area contributed by atoms with Gasteiger partial charge in [-0.05, 0) is 30.2 Å². The van der Waals surface area contributed by atoms with Gasteiger partial charge in [-0.15, -0.1) is 0 Å². The number of halogens is 1. The fraction of sp³-hybridized carbons (Fsp3) is 0.167. The van der Waals surface area contributed by atoms with Crippen LogP contribution in [0.4, 0.5) is 23.0 Å². The van der Waals surface area contributed by atoms with Gasteiger partial charge in [0.25, 0.3) is 0 Å². The molecule has 2 rings (SSSR count). The smallest absolute Gasteiger partial charge is 0.334 e. The van der Waals surface area contributed by atoms with Gasteiger partial charge >= 0.3 is 5.69 Å². The molecule has 9 heteroatoms. The SMILES string of the molecule is CCc1cc(Br)ccc1Nc1ncnc(NN)c1[N+](=O)[O-]. The van der Waals surface area contributed by atoms with Gasteiger partial charge in [-0.1, -0.05) is 22.9 Å². The molecule has 0 spiro atoms. The van der Waals surface area contributed by atoms with Crippen molar-refractivity contribution >= 4 is 38.9 Å². The van der Waals surface area contributed by atoms with E-state index in [-0.39, 0.29) is 17.3 Å². The van der Waals surface area contributed by atoms with Gasteiger partial charge in [-0.25, -0.2) is 15.8 Å². The number of benzene rings is 1. The summed E-state index contributed by atoms with van der Waals surface area (Å²) >= 11 is 3.39. The van der Waals surface area contributed by atoms with E-state index in [0.29, 0.717) is 0 Å². The number of nitrogen functional groups attached to an aromatic ring is 1. The molecule has 0 aliphatic rings. The molecule has 1 aromatic heterocycles. The molecule has 4 N–H and O–H groups in total. The van der Waals surface area contributed by atoms with Crippen LogP contribution in [-0.4, -0.2) is 14.9 Å². The standard InChI is InChI=1S/C12H13BrN6O2/c1-2-7-5-8(13)3-4-9(7)17-11-10(19(20)21)12(18-14)16-6-15-11/h3-6H,2,14H2,1H3,(H2,15,16,17,18). The summed E-state index contributed by atoms with van der Waals surface area (Å²) in [4.78, 5) is 18.3. The number of aromatic nitrogens is 2. The first-order chi connectivity index (χ1) is 10.1. The number of nitrogens with two attached hydrogens (primary N) is 1. The van der Waals surface area contributed by atoms with Crippen molar-refractivity contribution in [1.29, 1.82) is 0 Å². The van der Waals surface area contributed by atoms with Crippen LogP contribution in [0.2, 0.25) is 0 Å². The number of hydrogen-bond acceptors (Lipinski definition) is 7. The molecule has 0 saturated heterocycles. The van der Waals surface area contributed by atoms with Crippen LogP contribution in [0.3, 0.4) is 0 Å². The quantitative estimate of drug-likeness (QED) is 0.429. The third-order valence-electron chi connectivity index (χ3n) is 2.84. The molecule has 0 unspecified atom stereocenters. The third-order valence-corrected chi connectivity index (χ3v) is 3.34. The van der Waals surface area contributed by atoms with Gasteiger partial charge < -0.3 is 10.7 Å².